The summed E-state index contributed by atoms with van der Waals surface area (Å²) >= 11 is 5.97. The van der Waals surface area contributed by atoms with Crippen LogP contribution in [0.25, 0.3) is 5.76 Å². The third-order valence-corrected chi connectivity index (χ3v) is 5.95. The highest BCUT2D eigenvalue weighted by atomic mass is 35.5. The summed E-state index contributed by atoms with van der Waals surface area (Å²) in [4.78, 5) is 30.7. The molecule has 4 rings (SSSR count). The number of ether oxygens (including phenoxy) is 1. The predicted molar refractivity (Wildman–Crippen MR) is 126 cm³/mol. The maximum atomic E-state index is 13.4. The number of hydrogen-bond acceptors (Lipinski definition) is 4. The van der Waals surface area contributed by atoms with Crippen molar-refractivity contribution in [2.45, 2.75) is 32.4 Å². The van der Waals surface area contributed by atoms with Gasteiger partial charge in [0.05, 0.1) is 19.2 Å². The van der Waals surface area contributed by atoms with Crippen molar-refractivity contribution in [3.63, 3.8) is 0 Å². The van der Waals surface area contributed by atoms with Gasteiger partial charge in [0, 0.05) is 23.6 Å². The summed E-state index contributed by atoms with van der Waals surface area (Å²) in [7, 11) is 0. The number of halogens is 1. The number of aromatic nitrogens is 2. The van der Waals surface area contributed by atoms with E-state index in [4.69, 9.17) is 16.3 Å². The number of benzene rings is 2. The molecule has 1 fully saturated rings. The van der Waals surface area contributed by atoms with E-state index < -0.39 is 23.5 Å². The molecule has 2 aromatic carbocycles. The number of carbonyl (C=O) groups is 2. The first-order chi connectivity index (χ1) is 16.5. The monoisotopic (exact) mass is 479 g/mol. The third-order valence-electron chi connectivity index (χ3n) is 5.70. The van der Waals surface area contributed by atoms with Crippen LogP contribution >= 0.6 is 11.6 Å². The lowest BCUT2D eigenvalue weighted by atomic mass is 9.95. The number of hydrogen-bond donors (Lipinski definition) is 1. The first-order valence-electron chi connectivity index (χ1n) is 11.3. The zero-order valence-corrected chi connectivity index (χ0v) is 19.6. The highest BCUT2D eigenvalue weighted by molar-refractivity contribution is 6.46. The molecule has 0 saturated carbocycles. The van der Waals surface area contributed by atoms with Crippen LogP contribution in [0.15, 0.2) is 72.8 Å². The third kappa shape index (κ3) is 4.99. The molecule has 1 atom stereocenters. The van der Waals surface area contributed by atoms with Gasteiger partial charge in [0.1, 0.15) is 18.1 Å². The number of rotatable bonds is 9. The van der Waals surface area contributed by atoms with Crippen LogP contribution in [0.1, 0.15) is 36.9 Å². The van der Waals surface area contributed by atoms with Crippen molar-refractivity contribution in [3.8, 4) is 5.75 Å². The van der Waals surface area contributed by atoms with Crippen molar-refractivity contribution in [1.82, 2.24) is 9.88 Å². The Hall–Kier alpha value is -3.58. The Morgan fingerprint density at radius 2 is 2.00 bits per heavy atom. The number of amides is 1. The van der Waals surface area contributed by atoms with Crippen LogP contribution in [0.3, 0.4) is 0 Å². The van der Waals surface area contributed by atoms with Crippen molar-refractivity contribution in [2.75, 3.05) is 13.2 Å². The molecule has 1 aliphatic heterocycles. The fourth-order valence-electron chi connectivity index (χ4n) is 4.08. The molecular weight excluding hydrogens is 454 g/mol. The molecule has 3 aromatic rings. The maximum absolute atomic E-state index is 13.4. The van der Waals surface area contributed by atoms with E-state index in [1.807, 2.05) is 48.4 Å². The summed E-state index contributed by atoms with van der Waals surface area (Å²) in [5, 5.41) is 13.9. The molecular formula is C26H26ClN3O4. The van der Waals surface area contributed by atoms with Gasteiger partial charge in [0.25, 0.3) is 5.91 Å². The molecule has 2 heterocycles. The second kappa shape index (κ2) is 10.6. The summed E-state index contributed by atoms with van der Waals surface area (Å²) in [6.07, 6.45) is 6.99. The van der Waals surface area contributed by atoms with Gasteiger partial charge in [-0.1, -0.05) is 48.5 Å². The van der Waals surface area contributed by atoms with E-state index in [0.717, 1.165) is 6.42 Å². The van der Waals surface area contributed by atoms with Crippen molar-refractivity contribution in [1.29, 1.82) is 0 Å². The summed E-state index contributed by atoms with van der Waals surface area (Å²) in [6, 6.07) is 12.8. The number of nitrogens with zero attached hydrogens (tertiary/aromatic N) is 2. The summed E-state index contributed by atoms with van der Waals surface area (Å²) in [5.74, 6) is -1.27. The number of likely N-dealkylation sites (tertiary alicyclic amines) is 1. The molecule has 0 bridgehead atoms. The molecule has 0 spiro atoms. The Morgan fingerprint density at radius 3 is 2.71 bits per heavy atom. The molecule has 7 nitrogen and oxygen atoms in total. The quantitative estimate of drug-likeness (QED) is 0.221. The molecule has 1 N–H and O–H groups in total. The molecule has 1 unspecified atom stereocenters. The van der Waals surface area contributed by atoms with Crippen LogP contribution in [-0.4, -0.2) is 34.7 Å². The van der Waals surface area contributed by atoms with Gasteiger partial charge < -0.3 is 14.7 Å². The van der Waals surface area contributed by atoms with Gasteiger partial charge >= 0.3 is 0 Å². The second-order valence-corrected chi connectivity index (χ2v) is 8.54. The minimum absolute atomic E-state index is 0.0470. The summed E-state index contributed by atoms with van der Waals surface area (Å²) < 4.78 is 7.72. The molecule has 1 amide bonds. The van der Waals surface area contributed by atoms with Gasteiger partial charge in [-0.05, 0) is 41.8 Å². The van der Waals surface area contributed by atoms with Gasteiger partial charge in [-0.15, -0.1) is 0 Å². The van der Waals surface area contributed by atoms with E-state index >= 15 is 0 Å². The Bertz CT molecular complexity index is 1190. The predicted octanol–water partition coefficient (Wildman–Crippen LogP) is 3.06. The summed E-state index contributed by atoms with van der Waals surface area (Å²) in [5.41, 5.74) is 0.933. The van der Waals surface area contributed by atoms with Gasteiger partial charge in [-0.3, -0.25) is 14.6 Å². The Morgan fingerprint density at radius 1 is 1.21 bits per heavy atom. The van der Waals surface area contributed by atoms with E-state index in [1.54, 1.807) is 30.3 Å². The highest BCUT2D eigenvalue weighted by Gasteiger charge is 2.44. The highest BCUT2D eigenvalue weighted by Crippen LogP contribution is 2.39. The zero-order valence-electron chi connectivity index (χ0n) is 18.9. The van der Waals surface area contributed by atoms with Crippen molar-refractivity contribution < 1.29 is 24.0 Å². The van der Waals surface area contributed by atoms with Crippen LogP contribution in [0.5, 0.6) is 5.75 Å². The van der Waals surface area contributed by atoms with Crippen LogP contribution in [0.2, 0.25) is 5.02 Å². The number of aromatic amines is 1. The van der Waals surface area contributed by atoms with Crippen molar-refractivity contribution >= 4 is 29.1 Å². The molecule has 1 aliphatic rings. The van der Waals surface area contributed by atoms with Gasteiger partial charge in [0.15, 0.2) is 0 Å². The Balaban J connectivity index is 1.73. The lowest BCUT2D eigenvalue weighted by molar-refractivity contribution is -0.695. The number of ketones is 1. The lowest BCUT2D eigenvalue weighted by Gasteiger charge is -2.27. The number of H-pyrrole nitrogens is 1. The Labute approximate surface area is 203 Å². The number of imidazole rings is 1. The van der Waals surface area contributed by atoms with Gasteiger partial charge in [-0.25, -0.2) is 4.57 Å². The van der Waals surface area contributed by atoms with Gasteiger partial charge in [-0.2, -0.15) is 0 Å². The number of aryl methyl sites for hydroxylation is 1. The molecule has 0 radical (unpaired) electrons. The average Bonchev–Trinajstić information content (AvgIpc) is 3.45. The van der Waals surface area contributed by atoms with Crippen LogP contribution in [0.4, 0.5) is 0 Å². The average molecular weight is 480 g/mol. The van der Waals surface area contributed by atoms with Crippen LogP contribution in [-0.2, 0) is 16.1 Å². The zero-order chi connectivity index (χ0) is 24.1. The standard InChI is InChI=1S/C26H26ClN3O4/c1-2-15-34-21-6-3-5-19(16-21)23-22(24(31)18-7-9-20(27)10-8-18)25(32)26(33)30(23)13-4-12-29-14-11-28-17-29/h3,5-11,14,16-17,23H,2,4,12-13,15H2,1H3,(H,31,32). The Kier molecular flexibility index (Phi) is 7.33. The molecule has 1 aromatic heterocycles. The van der Waals surface area contributed by atoms with E-state index in [1.165, 1.54) is 4.90 Å². The van der Waals surface area contributed by atoms with Gasteiger partial charge in [0.2, 0.25) is 12.1 Å². The van der Waals surface area contributed by atoms with Crippen LogP contribution < -0.4 is 14.4 Å². The van der Waals surface area contributed by atoms with E-state index in [-0.39, 0.29) is 5.57 Å². The lowest BCUT2D eigenvalue weighted by Crippen LogP contribution is -2.36. The minimum atomic E-state index is -0.787. The van der Waals surface area contributed by atoms with E-state index in [2.05, 4.69) is 4.98 Å². The van der Waals surface area contributed by atoms with Crippen LogP contribution in [0, 0.1) is 0 Å². The second-order valence-electron chi connectivity index (χ2n) is 8.10. The normalized spacial score (nSPS) is 17.4. The van der Waals surface area contributed by atoms with E-state index in [9.17, 15) is 14.7 Å². The fraction of sp³-hybridized carbons (Fsp3) is 0.269. The first kappa shape index (κ1) is 23.6. The van der Waals surface area contributed by atoms with Crippen molar-refractivity contribution in [3.05, 3.63) is 89.0 Å². The number of Topliss-reactive ketones (excluding diaryl/α,β-unsaturated/α-hetero) is 1. The molecule has 176 valence electrons. The topological polar surface area (TPSA) is 89.3 Å². The SMILES string of the molecule is CCCOc1cccc(C2C(=C([O-])c3ccc(Cl)cc3)C(=O)C(=O)N2CCC[n+]2cc[nH]c2)c1. The molecule has 1 saturated heterocycles. The number of carbonyl (C=O) groups excluding carboxylic acids is 2. The summed E-state index contributed by atoms with van der Waals surface area (Å²) in [6.45, 7) is 3.54. The minimum Gasteiger partial charge on any atom is -0.872 e. The molecule has 34 heavy (non-hydrogen) atoms. The first-order valence-corrected chi connectivity index (χ1v) is 11.6. The molecule has 0 aliphatic carbocycles. The maximum Gasteiger partial charge on any atom is 0.295 e. The smallest absolute Gasteiger partial charge is 0.295 e. The molecule has 8 heteroatoms. The number of nitrogens with one attached hydrogen (secondary N) is 1. The van der Waals surface area contributed by atoms with Crippen molar-refractivity contribution in [2.24, 2.45) is 0 Å². The fourth-order valence-corrected chi connectivity index (χ4v) is 4.21. The van der Waals surface area contributed by atoms with E-state index in [0.29, 0.717) is 48.0 Å². The largest absolute Gasteiger partial charge is 0.872 e.